The lowest BCUT2D eigenvalue weighted by molar-refractivity contribution is -0.188. The maximum absolute atomic E-state index is 6.94. The molecule has 0 saturated heterocycles. The number of fused-ring (bicyclic) bond motifs is 3. The summed E-state index contributed by atoms with van der Waals surface area (Å²) in [5.74, 6) is 2.04. The minimum absolute atomic E-state index is 0.0458. The van der Waals surface area contributed by atoms with Gasteiger partial charge in [0.1, 0.15) is 23.0 Å². The molecule has 0 aliphatic carbocycles. The molecule has 2 heterocycles. The number of aryl methyl sites for hydroxylation is 2. The van der Waals surface area contributed by atoms with Crippen molar-refractivity contribution in [1.29, 1.82) is 0 Å². The Balaban J connectivity index is 1.58. The van der Waals surface area contributed by atoms with Crippen molar-refractivity contribution in [1.82, 2.24) is 0 Å². The van der Waals surface area contributed by atoms with Gasteiger partial charge in [-0.3, -0.25) is 0 Å². The van der Waals surface area contributed by atoms with Gasteiger partial charge in [0.25, 0.3) is 5.79 Å². The molecule has 3 atom stereocenters. The number of ether oxygens (including phenoxy) is 4. The standard InChI is InChI=1S/C34H32O4/c1-22-11-15-24(16-12-22)17-20-26-28-21-27-29(35-3)7-5-8-30(27)37-34(28,25-18-13-23(2)14-19-25)38-32-10-6-9-31(36-4)33(26)32/h5-20,26,28H,21H2,1-4H3/b20-17+/t26?,28-,34+/m1/s1. The summed E-state index contributed by atoms with van der Waals surface area (Å²) >= 11 is 0. The third kappa shape index (κ3) is 4.01. The van der Waals surface area contributed by atoms with Gasteiger partial charge in [-0.1, -0.05) is 83.9 Å². The molecule has 4 aromatic carbocycles. The molecule has 0 N–H and O–H groups in total. The summed E-state index contributed by atoms with van der Waals surface area (Å²) in [6.07, 6.45) is 5.20. The summed E-state index contributed by atoms with van der Waals surface area (Å²) in [7, 11) is 3.43. The van der Waals surface area contributed by atoms with Gasteiger partial charge in [-0.15, -0.1) is 0 Å². The second-order valence-corrected chi connectivity index (χ2v) is 10.2. The summed E-state index contributed by atoms with van der Waals surface area (Å²) in [5.41, 5.74) is 6.65. The van der Waals surface area contributed by atoms with Crippen molar-refractivity contribution in [2.24, 2.45) is 5.92 Å². The second-order valence-electron chi connectivity index (χ2n) is 10.2. The SMILES string of the molecule is COc1cccc2c1C[C@@H]1C(/C=C/c3ccc(C)cc3)c3c(OC)cccc3O[C@]1(c1ccc(C)cc1)O2. The molecule has 0 bridgehead atoms. The molecule has 1 unspecified atom stereocenters. The van der Waals surface area contributed by atoms with Gasteiger partial charge >= 0.3 is 0 Å². The van der Waals surface area contributed by atoms with Gasteiger partial charge in [0.05, 0.1) is 20.1 Å². The molecule has 4 heteroatoms. The van der Waals surface area contributed by atoms with Crippen LogP contribution in [0.4, 0.5) is 0 Å². The highest BCUT2D eigenvalue weighted by Crippen LogP contribution is 2.58. The van der Waals surface area contributed by atoms with Crippen LogP contribution < -0.4 is 18.9 Å². The molecule has 0 fully saturated rings. The summed E-state index contributed by atoms with van der Waals surface area (Å²) in [6, 6.07) is 29.0. The molecule has 0 spiro atoms. The minimum atomic E-state index is -1.02. The van der Waals surface area contributed by atoms with E-state index in [1.165, 1.54) is 11.1 Å². The molecule has 0 amide bonds. The fourth-order valence-electron chi connectivity index (χ4n) is 5.81. The van der Waals surface area contributed by atoms with Gasteiger partial charge in [0.2, 0.25) is 0 Å². The molecular formula is C34H32O4. The molecule has 38 heavy (non-hydrogen) atoms. The van der Waals surface area contributed by atoms with Crippen LogP contribution in [-0.2, 0) is 12.2 Å². The van der Waals surface area contributed by atoms with Crippen LogP contribution in [0.5, 0.6) is 23.0 Å². The predicted octanol–water partition coefficient (Wildman–Crippen LogP) is 7.61. The molecule has 192 valence electrons. The summed E-state index contributed by atoms with van der Waals surface area (Å²) in [5, 5.41) is 0. The quantitative estimate of drug-likeness (QED) is 0.280. The average molecular weight is 505 g/mol. The zero-order valence-electron chi connectivity index (χ0n) is 22.2. The molecule has 4 aromatic rings. The van der Waals surface area contributed by atoms with Crippen molar-refractivity contribution in [2.75, 3.05) is 14.2 Å². The van der Waals surface area contributed by atoms with Crippen LogP contribution >= 0.6 is 0 Å². The van der Waals surface area contributed by atoms with E-state index >= 15 is 0 Å². The molecule has 0 radical (unpaired) electrons. The number of methoxy groups -OCH3 is 2. The summed E-state index contributed by atoms with van der Waals surface area (Å²) < 4.78 is 25.5. The van der Waals surface area contributed by atoms with E-state index < -0.39 is 5.79 Å². The van der Waals surface area contributed by atoms with E-state index in [2.05, 4.69) is 74.5 Å². The largest absolute Gasteiger partial charge is 0.496 e. The van der Waals surface area contributed by atoms with Gasteiger partial charge in [-0.2, -0.15) is 0 Å². The summed E-state index contributed by atoms with van der Waals surface area (Å²) in [6.45, 7) is 4.20. The number of rotatable bonds is 5. The Morgan fingerprint density at radius 3 is 2.03 bits per heavy atom. The molecule has 2 aliphatic rings. The van der Waals surface area contributed by atoms with Crippen LogP contribution in [-0.4, -0.2) is 14.2 Å². The van der Waals surface area contributed by atoms with Crippen molar-refractivity contribution in [3.8, 4) is 23.0 Å². The fourth-order valence-corrected chi connectivity index (χ4v) is 5.81. The lowest BCUT2D eigenvalue weighted by Crippen LogP contribution is -2.54. The van der Waals surface area contributed by atoms with E-state index in [1.54, 1.807) is 14.2 Å². The maximum Gasteiger partial charge on any atom is 0.281 e. The maximum atomic E-state index is 6.94. The minimum Gasteiger partial charge on any atom is -0.496 e. The molecule has 0 aromatic heterocycles. The van der Waals surface area contributed by atoms with Crippen molar-refractivity contribution in [3.05, 3.63) is 124 Å². The first-order valence-corrected chi connectivity index (χ1v) is 13.0. The van der Waals surface area contributed by atoms with Crippen LogP contribution in [0.2, 0.25) is 0 Å². The van der Waals surface area contributed by atoms with Gasteiger partial charge in [0.15, 0.2) is 0 Å². The van der Waals surface area contributed by atoms with E-state index in [0.717, 1.165) is 45.3 Å². The monoisotopic (exact) mass is 504 g/mol. The smallest absolute Gasteiger partial charge is 0.281 e. The molecule has 0 saturated carbocycles. The van der Waals surface area contributed by atoms with Gasteiger partial charge in [-0.05, 0) is 50.1 Å². The number of hydrogen-bond donors (Lipinski definition) is 0. The molecule has 2 aliphatic heterocycles. The first-order chi connectivity index (χ1) is 18.5. The Kier molecular flexibility index (Phi) is 6.11. The Bertz CT molecular complexity index is 1490. The highest BCUT2D eigenvalue weighted by Gasteiger charge is 2.56. The first kappa shape index (κ1) is 24.2. The zero-order valence-corrected chi connectivity index (χ0v) is 22.2. The van der Waals surface area contributed by atoms with Crippen molar-refractivity contribution >= 4 is 6.08 Å². The van der Waals surface area contributed by atoms with Crippen LogP contribution in [0, 0.1) is 19.8 Å². The van der Waals surface area contributed by atoms with Crippen LogP contribution in [0.1, 0.15) is 39.3 Å². The lowest BCUT2D eigenvalue weighted by Gasteiger charge is -2.50. The van der Waals surface area contributed by atoms with Gasteiger partial charge in [-0.25, -0.2) is 0 Å². The Labute approximate surface area is 224 Å². The summed E-state index contributed by atoms with van der Waals surface area (Å²) in [4.78, 5) is 0. The van der Waals surface area contributed by atoms with E-state index in [9.17, 15) is 0 Å². The van der Waals surface area contributed by atoms with E-state index in [1.807, 2.05) is 36.4 Å². The third-order valence-electron chi connectivity index (χ3n) is 7.79. The van der Waals surface area contributed by atoms with Crippen molar-refractivity contribution in [2.45, 2.75) is 32.0 Å². The Hall–Kier alpha value is -4.18. The molecular weight excluding hydrogens is 472 g/mol. The molecule has 6 rings (SSSR count). The number of allylic oxidation sites excluding steroid dienone is 1. The third-order valence-corrected chi connectivity index (χ3v) is 7.79. The van der Waals surface area contributed by atoms with E-state index in [-0.39, 0.29) is 11.8 Å². The zero-order chi connectivity index (χ0) is 26.3. The topological polar surface area (TPSA) is 36.9 Å². The van der Waals surface area contributed by atoms with Gasteiger partial charge in [0, 0.05) is 22.6 Å². The number of hydrogen-bond acceptors (Lipinski definition) is 4. The number of benzene rings is 4. The van der Waals surface area contributed by atoms with Gasteiger partial charge < -0.3 is 18.9 Å². The van der Waals surface area contributed by atoms with Crippen LogP contribution in [0.25, 0.3) is 6.08 Å². The Morgan fingerprint density at radius 1 is 0.737 bits per heavy atom. The first-order valence-electron chi connectivity index (χ1n) is 13.0. The Morgan fingerprint density at radius 2 is 1.34 bits per heavy atom. The second kappa shape index (κ2) is 9.60. The predicted molar refractivity (Wildman–Crippen MR) is 150 cm³/mol. The van der Waals surface area contributed by atoms with E-state index in [4.69, 9.17) is 18.9 Å². The van der Waals surface area contributed by atoms with Crippen molar-refractivity contribution < 1.29 is 18.9 Å². The van der Waals surface area contributed by atoms with Crippen molar-refractivity contribution in [3.63, 3.8) is 0 Å². The normalized spacial score (nSPS) is 21.5. The van der Waals surface area contributed by atoms with E-state index in [0.29, 0.717) is 6.42 Å². The lowest BCUT2D eigenvalue weighted by atomic mass is 9.70. The molecule has 4 nitrogen and oxygen atoms in total. The highest BCUT2D eigenvalue weighted by molar-refractivity contribution is 5.59. The van der Waals surface area contributed by atoms with Crippen LogP contribution in [0.15, 0.2) is 91.0 Å². The fraction of sp³-hybridized carbons (Fsp3) is 0.235. The highest BCUT2D eigenvalue weighted by atomic mass is 16.7. The van der Waals surface area contributed by atoms with Crippen LogP contribution in [0.3, 0.4) is 0 Å². The average Bonchev–Trinajstić information content (AvgIpc) is 2.94.